The summed E-state index contributed by atoms with van der Waals surface area (Å²) in [6, 6.07) is 15.7. The van der Waals surface area contributed by atoms with Crippen molar-refractivity contribution < 1.29 is 0 Å². The molecule has 0 spiro atoms. The summed E-state index contributed by atoms with van der Waals surface area (Å²) in [5.41, 5.74) is 8.62. The molecule has 0 aliphatic heterocycles. The number of benzene rings is 1. The van der Waals surface area contributed by atoms with Crippen LogP contribution in [0.4, 0.5) is 0 Å². The molecule has 104 valence electrons. The Morgan fingerprint density at radius 3 is 2.55 bits per heavy atom. The third kappa shape index (κ3) is 3.06. The molecule has 1 atom stereocenters. The lowest BCUT2D eigenvalue weighted by Gasteiger charge is -2.31. The number of nitrogens with zero attached hydrogens (tertiary/aromatic N) is 2. The van der Waals surface area contributed by atoms with Gasteiger partial charge in [-0.1, -0.05) is 36.4 Å². The minimum absolute atomic E-state index is 0.261. The normalized spacial score (nSPS) is 16.3. The molecule has 1 unspecified atom stereocenters. The summed E-state index contributed by atoms with van der Waals surface area (Å²) in [7, 11) is 0. The zero-order chi connectivity index (χ0) is 13.8. The van der Waals surface area contributed by atoms with E-state index < -0.39 is 0 Å². The van der Waals surface area contributed by atoms with Crippen molar-refractivity contribution in [3.05, 3.63) is 66.0 Å². The quantitative estimate of drug-likeness (QED) is 0.875. The Kier molecular flexibility index (Phi) is 4.09. The Hall–Kier alpha value is -1.71. The second-order valence-electron chi connectivity index (χ2n) is 5.43. The van der Waals surface area contributed by atoms with E-state index in [0.717, 1.165) is 6.54 Å². The number of aromatic nitrogens is 1. The SMILES string of the molecule is NCC(c1cccnc1)N(Cc1ccccc1)C1CC1. The molecular weight excluding hydrogens is 246 g/mol. The van der Waals surface area contributed by atoms with Crippen LogP contribution in [0.3, 0.4) is 0 Å². The van der Waals surface area contributed by atoms with Gasteiger partial charge >= 0.3 is 0 Å². The first-order valence-corrected chi connectivity index (χ1v) is 7.28. The summed E-state index contributed by atoms with van der Waals surface area (Å²) in [6.45, 7) is 1.59. The van der Waals surface area contributed by atoms with Crippen molar-refractivity contribution in [3.63, 3.8) is 0 Å². The Balaban J connectivity index is 1.82. The molecule has 1 heterocycles. The van der Waals surface area contributed by atoms with Gasteiger partial charge in [0.05, 0.1) is 0 Å². The molecule has 1 aromatic heterocycles. The van der Waals surface area contributed by atoms with Crippen LogP contribution >= 0.6 is 0 Å². The van der Waals surface area contributed by atoms with Crippen LogP contribution < -0.4 is 5.73 Å². The van der Waals surface area contributed by atoms with Crippen LogP contribution in [-0.4, -0.2) is 22.5 Å². The van der Waals surface area contributed by atoms with Gasteiger partial charge in [0, 0.05) is 37.6 Å². The zero-order valence-electron chi connectivity index (χ0n) is 11.7. The van der Waals surface area contributed by atoms with Crippen LogP contribution in [-0.2, 0) is 6.54 Å². The molecule has 1 aromatic carbocycles. The maximum absolute atomic E-state index is 6.06. The molecule has 0 amide bonds. The predicted octanol–water partition coefficient (Wildman–Crippen LogP) is 2.75. The number of rotatable bonds is 6. The molecule has 2 aromatic rings. The number of hydrogen-bond donors (Lipinski definition) is 1. The summed E-state index contributed by atoms with van der Waals surface area (Å²) >= 11 is 0. The molecule has 20 heavy (non-hydrogen) atoms. The van der Waals surface area contributed by atoms with Gasteiger partial charge in [-0.25, -0.2) is 0 Å². The van der Waals surface area contributed by atoms with Crippen LogP contribution in [0.1, 0.15) is 30.0 Å². The van der Waals surface area contributed by atoms with E-state index in [0.29, 0.717) is 12.6 Å². The number of pyridine rings is 1. The third-order valence-corrected chi connectivity index (χ3v) is 3.92. The maximum atomic E-state index is 6.06. The molecule has 3 nitrogen and oxygen atoms in total. The fourth-order valence-electron chi connectivity index (χ4n) is 2.73. The van der Waals surface area contributed by atoms with E-state index in [4.69, 9.17) is 5.73 Å². The summed E-state index contributed by atoms with van der Waals surface area (Å²) in [4.78, 5) is 6.77. The van der Waals surface area contributed by atoms with Crippen LogP contribution in [0.2, 0.25) is 0 Å². The van der Waals surface area contributed by atoms with Crippen molar-refractivity contribution >= 4 is 0 Å². The van der Waals surface area contributed by atoms with E-state index in [9.17, 15) is 0 Å². The first kappa shape index (κ1) is 13.3. The minimum Gasteiger partial charge on any atom is -0.329 e. The highest BCUT2D eigenvalue weighted by molar-refractivity contribution is 5.19. The van der Waals surface area contributed by atoms with Gasteiger partial charge in [-0.15, -0.1) is 0 Å². The van der Waals surface area contributed by atoms with Crippen molar-refractivity contribution in [3.8, 4) is 0 Å². The van der Waals surface area contributed by atoms with Crippen molar-refractivity contribution in [1.29, 1.82) is 0 Å². The standard InChI is InChI=1S/C17H21N3/c18-11-17(15-7-4-10-19-12-15)20(16-8-9-16)13-14-5-2-1-3-6-14/h1-7,10,12,16-17H,8-9,11,13,18H2. The summed E-state index contributed by atoms with van der Waals surface area (Å²) < 4.78 is 0. The second kappa shape index (κ2) is 6.16. The first-order valence-electron chi connectivity index (χ1n) is 7.28. The molecule has 1 saturated carbocycles. The van der Waals surface area contributed by atoms with Crippen molar-refractivity contribution in [2.75, 3.05) is 6.54 Å². The van der Waals surface area contributed by atoms with Gasteiger partial charge in [-0.2, -0.15) is 0 Å². The van der Waals surface area contributed by atoms with Gasteiger partial charge in [0.25, 0.3) is 0 Å². The predicted molar refractivity (Wildman–Crippen MR) is 81.0 cm³/mol. The Morgan fingerprint density at radius 1 is 1.15 bits per heavy atom. The summed E-state index contributed by atoms with van der Waals surface area (Å²) in [5, 5.41) is 0. The van der Waals surface area contributed by atoms with E-state index in [1.807, 2.05) is 18.5 Å². The maximum Gasteiger partial charge on any atom is 0.0492 e. The third-order valence-electron chi connectivity index (χ3n) is 3.92. The lowest BCUT2D eigenvalue weighted by atomic mass is 10.1. The first-order chi connectivity index (χ1) is 9.88. The molecule has 3 rings (SSSR count). The molecule has 2 N–H and O–H groups in total. The fraction of sp³-hybridized carbons (Fsp3) is 0.353. The van der Waals surface area contributed by atoms with Gasteiger partial charge in [0.2, 0.25) is 0 Å². The van der Waals surface area contributed by atoms with Crippen LogP contribution in [0.25, 0.3) is 0 Å². The highest BCUT2D eigenvalue weighted by atomic mass is 15.2. The van der Waals surface area contributed by atoms with E-state index in [1.165, 1.54) is 24.0 Å². The molecule has 1 aliphatic carbocycles. The molecular formula is C17H21N3. The van der Waals surface area contributed by atoms with Gasteiger partial charge in [0.15, 0.2) is 0 Å². The van der Waals surface area contributed by atoms with Crippen molar-refractivity contribution in [2.24, 2.45) is 5.73 Å². The Morgan fingerprint density at radius 2 is 1.95 bits per heavy atom. The number of hydrogen-bond acceptors (Lipinski definition) is 3. The largest absolute Gasteiger partial charge is 0.329 e. The lowest BCUT2D eigenvalue weighted by molar-refractivity contribution is 0.181. The van der Waals surface area contributed by atoms with Gasteiger partial charge in [-0.05, 0) is 30.0 Å². The van der Waals surface area contributed by atoms with Crippen LogP contribution in [0.15, 0.2) is 54.9 Å². The molecule has 1 aliphatic rings. The zero-order valence-corrected chi connectivity index (χ0v) is 11.7. The minimum atomic E-state index is 0.261. The molecule has 0 bridgehead atoms. The number of nitrogens with two attached hydrogens (primary N) is 1. The summed E-state index contributed by atoms with van der Waals surface area (Å²) in [6.07, 6.45) is 6.32. The van der Waals surface area contributed by atoms with E-state index in [-0.39, 0.29) is 6.04 Å². The molecule has 0 saturated heterocycles. The van der Waals surface area contributed by atoms with Crippen molar-refractivity contribution in [1.82, 2.24) is 9.88 Å². The topological polar surface area (TPSA) is 42.1 Å². The highest BCUT2D eigenvalue weighted by Gasteiger charge is 2.34. The molecule has 0 radical (unpaired) electrons. The highest BCUT2D eigenvalue weighted by Crippen LogP contribution is 2.35. The van der Waals surface area contributed by atoms with Gasteiger partial charge in [0.1, 0.15) is 0 Å². The monoisotopic (exact) mass is 267 g/mol. The van der Waals surface area contributed by atoms with Crippen molar-refractivity contribution in [2.45, 2.75) is 31.5 Å². The lowest BCUT2D eigenvalue weighted by Crippen LogP contribution is -2.35. The molecule has 3 heteroatoms. The van der Waals surface area contributed by atoms with Gasteiger partial charge in [-0.3, -0.25) is 9.88 Å². The molecule has 1 fully saturated rings. The summed E-state index contributed by atoms with van der Waals surface area (Å²) in [5.74, 6) is 0. The van der Waals surface area contributed by atoms with Gasteiger partial charge < -0.3 is 5.73 Å². The second-order valence-corrected chi connectivity index (χ2v) is 5.43. The average molecular weight is 267 g/mol. The fourth-order valence-corrected chi connectivity index (χ4v) is 2.73. The van der Waals surface area contributed by atoms with Crippen LogP contribution in [0.5, 0.6) is 0 Å². The van der Waals surface area contributed by atoms with E-state index in [2.05, 4.69) is 46.3 Å². The van der Waals surface area contributed by atoms with E-state index >= 15 is 0 Å². The smallest absolute Gasteiger partial charge is 0.0492 e. The van der Waals surface area contributed by atoms with Crippen LogP contribution in [0, 0.1) is 0 Å². The van der Waals surface area contributed by atoms with E-state index in [1.54, 1.807) is 0 Å². The Bertz CT molecular complexity index is 522. The average Bonchev–Trinajstić information content (AvgIpc) is 3.34. The Labute approximate surface area is 120 Å².